The SMILES string of the molecule is CC(C)c1ccc(N2C(=O)C(=O)/C(=C(\O)c3cccc([N+](=O)[O-])c3)C2c2cccs2)cc1. The number of nitro groups is 1. The Labute approximate surface area is 188 Å². The number of carbonyl (C=O) groups excluding carboxylic acids is 2. The number of thiophene rings is 1. The zero-order valence-corrected chi connectivity index (χ0v) is 18.2. The normalized spacial score (nSPS) is 17.8. The van der Waals surface area contributed by atoms with Gasteiger partial charge in [0.1, 0.15) is 11.8 Å². The number of aliphatic hydroxyl groups excluding tert-OH is 1. The highest BCUT2D eigenvalue weighted by Gasteiger charge is 2.47. The van der Waals surface area contributed by atoms with Crippen LogP contribution in [0, 0.1) is 10.1 Å². The lowest BCUT2D eigenvalue weighted by Gasteiger charge is -2.24. The van der Waals surface area contributed by atoms with Gasteiger partial charge in [-0.25, -0.2) is 0 Å². The third kappa shape index (κ3) is 3.69. The van der Waals surface area contributed by atoms with E-state index in [0.29, 0.717) is 16.5 Å². The molecule has 1 fully saturated rings. The molecule has 7 nitrogen and oxygen atoms in total. The second kappa shape index (κ2) is 8.39. The van der Waals surface area contributed by atoms with Gasteiger partial charge in [-0.3, -0.25) is 24.6 Å². The summed E-state index contributed by atoms with van der Waals surface area (Å²) in [6, 6.07) is 15.5. The third-order valence-corrected chi connectivity index (χ3v) is 6.35. The lowest BCUT2D eigenvalue weighted by atomic mass is 9.99. The van der Waals surface area contributed by atoms with Crippen molar-refractivity contribution in [2.24, 2.45) is 0 Å². The number of carbonyl (C=O) groups is 2. The van der Waals surface area contributed by atoms with Crippen molar-refractivity contribution in [3.8, 4) is 0 Å². The van der Waals surface area contributed by atoms with Crippen molar-refractivity contribution < 1.29 is 19.6 Å². The zero-order chi connectivity index (χ0) is 23.0. The first-order chi connectivity index (χ1) is 15.3. The molecule has 0 saturated carbocycles. The quantitative estimate of drug-likeness (QED) is 0.185. The fraction of sp³-hybridized carbons (Fsp3) is 0.167. The highest BCUT2D eigenvalue weighted by molar-refractivity contribution is 7.10. The lowest BCUT2D eigenvalue weighted by Crippen LogP contribution is -2.29. The number of aliphatic hydroxyl groups is 1. The average Bonchev–Trinajstić information content (AvgIpc) is 3.40. The highest BCUT2D eigenvalue weighted by Crippen LogP contribution is 2.43. The number of Topliss-reactive ketones (excluding diaryl/α,β-unsaturated/α-hetero) is 1. The second-order valence-electron chi connectivity index (χ2n) is 7.74. The fourth-order valence-electron chi connectivity index (χ4n) is 3.76. The van der Waals surface area contributed by atoms with Gasteiger partial charge in [-0.05, 0) is 35.1 Å². The van der Waals surface area contributed by atoms with E-state index in [1.165, 1.54) is 40.5 Å². The number of amides is 1. The van der Waals surface area contributed by atoms with E-state index >= 15 is 0 Å². The Morgan fingerprint density at radius 1 is 1.09 bits per heavy atom. The van der Waals surface area contributed by atoms with Crippen molar-refractivity contribution in [3.05, 3.63) is 97.7 Å². The van der Waals surface area contributed by atoms with Crippen LogP contribution in [0.15, 0.2) is 71.6 Å². The zero-order valence-electron chi connectivity index (χ0n) is 17.4. The van der Waals surface area contributed by atoms with Gasteiger partial charge in [0.25, 0.3) is 17.4 Å². The van der Waals surface area contributed by atoms with Crippen LogP contribution in [0.3, 0.4) is 0 Å². The monoisotopic (exact) mass is 448 g/mol. The first-order valence-corrected chi connectivity index (χ1v) is 10.9. The van der Waals surface area contributed by atoms with Gasteiger partial charge in [-0.1, -0.05) is 44.2 Å². The van der Waals surface area contributed by atoms with Gasteiger partial charge in [0.2, 0.25) is 0 Å². The summed E-state index contributed by atoms with van der Waals surface area (Å²) in [5, 5.41) is 24.0. The molecule has 1 N–H and O–H groups in total. The Morgan fingerprint density at radius 3 is 2.41 bits per heavy atom. The predicted octanol–water partition coefficient (Wildman–Crippen LogP) is 5.41. The minimum Gasteiger partial charge on any atom is -0.507 e. The van der Waals surface area contributed by atoms with Crippen LogP contribution in [0.2, 0.25) is 0 Å². The number of non-ortho nitro benzene ring substituents is 1. The van der Waals surface area contributed by atoms with Crippen LogP contribution in [0.25, 0.3) is 5.76 Å². The van der Waals surface area contributed by atoms with Crippen molar-refractivity contribution in [1.29, 1.82) is 0 Å². The fourth-order valence-corrected chi connectivity index (χ4v) is 4.58. The van der Waals surface area contributed by atoms with Crippen molar-refractivity contribution in [1.82, 2.24) is 0 Å². The topological polar surface area (TPSA) is 101 Å². The summed E-state index contributed by atoms with van der Waals surface area (Å²) < 4.78 is 0. The van der Waals surface area contributed by atoms with Crippen LogP contribution in [0.5, 0.6) is 0 Å². The number of hydrogen-bond donors (Lipinski definition) is 1. The number of nitrogens with zero attached hydrogens (tertiary/aromatic N) is 2. The summed E-state index contributed by atoms with van der Waals surface area (Å²) in [5.41, 5.74) is 1.42. The minimum atomic E-state index is -0.834. The van der Waals surface area contributed by atoms with Gasteiger partial charge in [0.05, 0.1) is 10.5 Å². The Kier molecular flexibility index (Phi) is 5.63. The van der Waals surface area contributed by atoms with E-state index in [4.69, 9.17) is 0 Å². The van der Waals surface area contributed by atoms with Gasteiger partial charge in [-0.15, -0.1) is 11.3 Å². The van der Waals surface area contributed by atoms with E-state index in [-0.39, 0.29) is 16.8 Å². The molecule has 4 rings (SSSR count). The van der Waals surface area contributed by atoms with Crippen molar-refractivity contribution in [2.45, 2.75) is 25.8 Å². The van der Waals surface area contributed by atoms with E-state index < -0.39 is 28.4 Å². The maximum atomic E-state index is 13.1. The van der Waals surface area contributed by atoms with Gasteiger partial charge >= 0.3 is 0 Å². The first-order valence-electron chi connectivity index (χ1n) is 9.98. The largest absolute Gasteiger partial charge is 0.507 e. The number of anilines is 1. The minimum absolute atomic E-state index is 0.0918. The molecule has 2 aromatic carbocycles. The molecule has 1 saturated heterocycles. The number of nitro benzene ring substituents is 1. The summed E-state index contributed by atoms with van der Waals surface area (Å²) in [6.07, 6.45) is 0. The van der Waals surface area contributed by atoms with E-state index in [9.17, 15) is 24.8 Å². The highest BCUT2D eigenvalue weighted by atomic mass is 32.1. The van der Waals surface area contributed by atoms with Crippen LogP contribution in [0.4, 0.5) is 11.4 Å². The molecule has 1 atom stereocenters. The van der Waals surface area contributed by atoms with Gasteiger partial charge in [0.15, 0.2) is 0 Å². The van der Waals surface area contributed by atoms with E-state index in [2.05, 4.69) is 13.8 Å². The van der Waals surface area contributed by atoms with Crippen molar-refractivity contribution in [3.63, 3.8) is 0 Å². The summed E-state index contributed by atoms with van der Waals surface area (Å²) in [5.74, 6) is -1.72. The van der Waals surface area contributed by atoms with E-state index in [1.54, 1.807) is 24.3 Å². The molecule has 0 bridgehead atoms. The van der Waals surface area contributed by atoms with Crippen LogP contribution in [-0.2, 0) is 9.59 Å². The molecule has 32 heavy (non-hydrogen) atoms. The van der Waals surface area contributed by atoms with Gasteiger partial charge < -0.3 is 5.11 Å². The van der Waals surface area contributed by atoms with Crippen molar-refractivity contribution in [2.75, 3.05) is 4.90 Å². The van der Waals surface area contributed by atoms with E-state index in [1.807, 2.05) is 17.5 Å². The lowest BCUT2D eigenvalue weighted by molar-refractivity contribution is -0.384. The molecule has 8 heteroatoms. The number of hydrogen-bond acceptors (Lipinski definition) is 6. The summed E-state index contributed by atoms with van der Waals surface area (Å²) in [4.78, 5) is 38.8. The van der Waals surface area contributed by atoms with Crippen molar-refractivity contribution >= 4 is 40.2 Å². The molecular weight excluding hydrogens is 428 g/mol. The van der Waals surface area contributed by atoms with Crippen LogP contribution < -0.4 is 4.90 Å². The molecule has 1 aliphatic rings. The van der Waals surface area contributed by atoms with Crippen LogP contribution in [-0.4, -0.2) is 21.7 Å². The molecule has 0 aliphatic carbocycles. The number of ketones is 1. The molecule has 1 aliphatic heterocycles. The van der Waals surface area contributed by atoms with Gasteiger partial charge in [-0.2, -0.15) is 0 Å². The van der Waals surface area contributed by atoms with Crippen LogP contribution in [0.1, 0.15) is 41.8 Å². The molecule has 1 amide bonds. The predicted molar refractivity (Wildman–Crippen MR) is 123 cm³/mol. The molecule has 0 radical (unpaired) electrons. The Bertz CT molecular complexity index is 1230. The molecule has 1 aromatic heterocycles. The smallest absolute Gasteiger partial charge is 0.300 e. The molecule has 0 spiro atoms. The first kappa shape index (κ1) is 21.5. The van der Waals surface area contributed by atoms with E-state index in [0.717, 1.165) is 5.56 Å². The molecule has 1 unspecified atom stereocenters. The summed E-state index contributed by atoms with van der Waals surface area (Å²) in [6.45, 7) is 4.12. The Balaban J connectivity index is 1.88. The Hall–Kier alpha value is -3.78. The standard InChI is InChI=1S/C24H20N2O5S/c1-14(2)15-8-10-17(11-9-15)25-21(19-7-4-12-32-19)20(23(28)24(25)29)22(27)16-5-3-6-18(13-16)26(30)31/h3-14,21,27H,1-2H3/b22-20-. The summed E-state index contributed by atoms with van der Waals surface area (Å²) in [7, 11) is 0. The molecule has 162 valence electrons. The number of rotatable bonds is 5. The molecule has 3 aromatic rings. The second-order valence-corrected chi connectivity index (χ2v) is 8.72. The summed E-state index contributed by atoms with van der Waals surface area (Å²) >= 11 is 1.36. The maximum absolute atomic E-state index is 13.1. The average molecular weight is 449 g/mol. The number of benzene rings is 2. The third-order valence-electron chi connectivity index (χ3n) is 5.43. The molecular formula is C24H20N2O5S. The Morgan fingerprint density at radius 2 is 1.81 bits per heavy atom. The maximum Gasteiger partial charge on any atom is 0.300 e. The van der Waals surface area contributed by atoms with Crippen LogP contribution >= 0.6 is 11.3 Å². The molecule has 2 heterocycles. The van der Waals surface area contributed by atoms with Gasteiger partial charge in [0, 0.05) is 28.3 Å².